The number of aryl methyl sites for hydroxylation is 1. The van der Waals surface area contributed by atoms with Crippen molar-refractivity contribution in [2.24, 2.45) is 0 Å². The minimum Gasteiger partial charge on any atom is -0.611 e. The highest BCUT2D eigenvalue weighted by atomic mass is 32.2. The molecule has 7 heteroatoms. The first-order chi connectivity index (χ1) is 11.1. The smallest absolute Gasteiger partial charge is 0.411 e. The molecule has 0 bridgehead atoms. The summed E-state index contributed by atoms with van der Waals surface area (Å²) in [5.41, 5.74) is 2.42. The van der Waals surface area contributed by atoms with Gasteiger partial charge in [-0.2, -0.15) is 0 Å². The molecular weight excluding hydrogens is 314 g/mol. The number of carboxylic acid groups (broad SMARTS) is 1. The number of carbonyl (C=O) groups is 1. The molecule has 23 heavy (non-hydrogen) atoms. The zero-order chi connectivity index (χ0) is 16.2. The van der Waals surface area contributed by atoms with Gasteiger partial charge in [0.05, 0.1) is 11.0 Å². The van der Waals surface area contributed by atoms with Crippen LogP contribution in [-0.4, -0.2) is 31.5 Å². The number of hydrogen-bond acceptors (Lipinski definition) is 3. The molecule has 0 saturated heterocycles. The normalized spacial score (nSPS) is 12.2. The van der Waals surface area contributed by atoms with Gasteiger partial charge in [0.1, 0.15) is 5.75 Å². The number of imidazole rings is 1. The minimum atomic E-state index is -1.18. The number of rotatable bonds is 5. The lowest BCUT2D eigenvalue weighted by atomic mass is 10.2. The van der Waals surface area contributed by atoms with Crippen LogP contribution in [0.3, 0.4) is 0 Å². The molecule has 3 rings (SSSR count). The standard InChI is InChI=1S/C16H15N3O3S/c20-16(21)19-15-17-13-7-6-12(10-14(13)18-15)23(22)9-8-11-4-2-1-3-5-11/h1-7,10H,8-9H2,(H,20,21)(H2,17,18,19). The second-order valence-electron chi connectivity index (χ2n) is 4.98. The van der Waals surface area contributed by atoms with Crippen LogP contribution in [0.1, 0.15) is 5.56 Å². The molecule has 0 aliphatic rings. The Morgan fingerprint density at radius 3 is 2.78 bits per heavy atom. The second kappa shape index (κ2) is 6.72. The van der Waals surface area contributed by atoms with Gasteiger partial charge in [-0.05, 0) is 28.9 Å². The van der Waals surface area contributed by atoms with Crippen LogP contribution in [0.4, 0.5) is 10.7 Å². The number of H-pyrrole nitrogens is 1. The van der Waals surface area contributed by atoms with Crippen molar-refractivity contribution in [1.82, 2.24) is 9.97 Å². The average molecular weight is 329 g/mol. The van der Waals surface area contributed by atoms with E-state index in [2.05, 4.69) is 15.3 Å². The first-order valence-electron chi connectivity index (χ1n) is 7.04. The van der Waals surface area contributed by atoms with Crippen LogP contribution < -0.4 is 5.32 Å². The van der Waals surface area contributed by atoms with E-state index in [1.54, 1.807) is 18.2 Å². The SMILES string of the molecule is O=C(O)Nc1nc2cc([S+]([O-])CCc3ccccc3)ccc2[nH]1. The van der Waals surface area contributed by atoms with Gasteiger partial charge in [-0.15, -0.1) is 0 Å². The maximum atomic E-state index is 12.4. The molecule has 0 radical (unpaired) electrons. The lowest BCUT2D eigenvalue weighted by Gasteiger charge is -2.10. The number of aromatic amines is 1. The fraction of sp³-hybridized carbons (Fsp3) is 0.125. The van der Waals surface area contributed by atoms with E-state index in [4.69, 9.17) is 5.11 Å². The Hall–Kier alpha value is -2.51. The maximum absolute atomic E-state index is 12.4. The van der Waals surface area contributed by atoms with E-state index in [0.29, 0.717) is 21.7 Å². The number of nitrogens with zero attached hydrogens (tertiary/aromatic N) is 1. The molecular formula is C16H15N3O3S. The predicted molar refractivity (Wildman–Crippen MR) is 89.2 cm³/mol. The number of fused-ring (bicyclic) bond motifs is 1. The van der Waals surface area contributed by atoms with Gasteiger partial charge in [0, 0.05) is 12.5 Å². The van der Waals surface area contributed by atoms with Crippen molar-refractivity contribution < 1.29 is 14.5 Å². The largest absolute Gasteiger partial charge is 0.611 e. The van der Waals surface area contributed by atoms with Crippen molar-refractivity contribution in [3.63, 3.8) is 0 Å². The topological polar surface area (TPSA) is 101 Å². The van der Waals surface area contributed by atoms with E-state index in [-0.39, 0.29) is 5.95 Å². The maximum Gasteiger partial charge on any atom is 0.411 e. The van der Waals surface area contributed by atoms with E-state index in [9.17, 15) is 9.35 Å². The Kier molecular flexibility index (Phi) is 4.50. The van der Waals surface area contributed by atoms with E-state index in [1.165, 1.54) is 0 Å². The third-order valence-corrected chi connectivity index (χ3v) is 4.72. The number of nitrogens with one attached hydrogen (secondary N) is 2. The van der Waals surface area contributed by atoms with Gasteiger partial charge >= 0.3 is 6.09 Å². The van der Waals surface area contributed by atoms with Gasteiger partial charge in [-0.25, -0.2) is 9.78 Å². The van der Waals surface area contributed by atoms with Gasteiger partial charge in [0.25, 0.3) is 0 Å². The Balaban J connectivity index is 1.72. The van der Waals surface area contributed by atoms with Crippen molar-refractivity contribution >= 4 is 34.3 Å². The molecule has 0 aliphatic carbocycles. The Morgan fingerprint density at radius 2 is 2.04 bits per heavy atom. The Bertz CT molecular complexity index is 820. The number of anilines is 1. The van der Waals surface area contributed by atoms with Crippen LogP contribution >= 0.6 is 0 Å². The molecule has 6 nitrogen and oxygen atoms in total. The molecule has 1 unspecified atom stereocenters. The van der Waals surface area contributed by atoms with Crippen molar-refractivity contribution in [1.29, 1.82) is 0 Å². The van der Waals surface area contributed by atoms with Crippen LogP contribution in [-0.2, 0) is 17.6 Å². The molecule has 1 amide bonds. The fourth-order valence-electron chi connectivity index (χ4n) is 2.26. The predicted octanol–water partition coefficient (Wildman–Crippen LogP) is 3.00. The Labute approximate surface area is 135 Å². The highest BCUT2D eigenvalue weighted by Crippen LogP contribution is 2.20. The van der Waals surface area contributed by atoms with Crippen LogP contribution in [0.2, 0.25) is 0 Å². The van der Waals surface area contributed by atoms with Gasteiger partial charge in [-0.1, -0.05) is 30.3 Å². The van der Waals surface area contributed by atoms with Crippen LogP contribution in [0, 0.1) is 0 Å². The number of hydrogen-bond donors (Lipinski definition) is 3. The quantitative estimate of drug-likeness (QED) is 0.626. The van der Waals surface area contributed by atoms with E-state index in [1.807, 2.05) is 30.3 Å². The minimum absolute atomic E-state index is 0.153. The van der Waals surface area contributed by atoms with Crippen LogP contribution in [0.25, 0.3) is 11.0 Å². The fourth-order valence-corrected chi connectivity index (χ4v) is 3.38. The summed E-state index contributed by atoms with van der Waals surface area (Å²) in [7, 11) is 0. The highest BCUT2D eigenvalue weighted by Gasteiger charge is 2.14. The van der Waals surface area contributed by atoms with Gasteiger partial charge in [0.2, 0.25) is 5.95 Å². The third kappa shape index (κ3) is 3.82. The molecule has 0 saturated carbocycles. The molecule has 1 atom stereocenters. The molecule has 2 aromatic carbocycles. The van der Waals surface area contributed by atoms with Gasteiger partial charge < -0.3 is 14.6 Å². The van der Waals surface area contributed by atoms with Crippen molar-refractivity contribution in [2.75, 3.05) is 11.1 Å². The second-order valence-corrected chi connectivity index (χ2v) is 6.55. The molecule has 118 valence electrons. The lowest BCUT2D eigenvalue weighted by Crippen LogP contribution is -2.09. The van der Waals surface area contributed by atoms with Crippen molar-refractivity contribution in [2.45, 2.75) is 11.3 Å². The lowest BCUT2D eigenvalue weighted by molar-refractivity contribution is 0.209. The monoisotopic (exact) mass is 329 g/mol. The summed E-state index contributed by atoms with van der Waals surface area (Å²) < 4.78 is 12.4. The number of amides is 1. The number of aromatic nitrogens is 2. The van der Waals surface area contributed by atoms with Crippen molar-refractivity contribution in [3.8, 4) is 0 Å². The number of benzene rings is 2. The van der Waals surface area contributed by atoms with E-state index < -0.39 is 17.3 Å². The average Bonchev–Trinajstić information content (AvgIpc) is 2.94. The van der Waals surface area contributed by atoms with E-state index >= 15 is 0 Å². The van der Waals surface area contributed by atoms with E-state index in [0.717, 1.165) is 12.0 Å². The summed E-state index contributed by atoms with van der Waals surface area (Å²) >= 11 is -1.13. The summed E-state index contributed by atoms with van der Waals surface area (Å²) in [4.78, 5) is 18.3. The summed E-state index contributed by atoms with van der Waals surface area (Å²) in [5.74, 6) is 0.680. The summed E-state index contributed by atoms with van der Waals surface area (Å²) in [6.07, 6.45) is -0.451. The highest BCUT2D eigenvalue weighted by molar-refractivity contribution is 7.91. The Morgan fingerprint density at radius 1 is 1.26 bits per heavy atom. The van der Waals surface area contributed by atoms with Gasteiger partial charge in [0.15, 0.2) is 4.90 Å². The van der Waals surface area contributed by atoms with Gasteiger partial charge in [-0.3, -0.25) is 5.32 Å². The van der Waals surface area contributed by atoms with Crippen molar-refractivity contribution in [3.05, 3.63) is 54.1 Å². The van der Waals surface area contributed by atoms with Crippen LogP contribution in [0.15, 0.2) is 53.4 Å². The summed E-state index contributed by atoms with van der Waals surface area (Å²) in [6, 6.07) is 15.2. The summed E-state index contributed by atoms with van der Waals surface area (Å²) in [6.45, 7) is 0. The first kappa shape index (κ1) is 15.4. The molecule has 1 heterocycles. The molecule has 0 fully saturated rings. The molecule has 3 N–H and O–H groups in total. The molecule has 1 aromatic heterocycles. The molecule has 3 aromatic rings. The summed E-state index contributed by atoms with van der Waals surface area (Å²) in [5, 5.41) is 10.9. The first-order valence-corrected chi connectivity index (χ1v) is 8.36. The zero-order valence-corrected chi connectivity index (χ0v) is 13.0. The zero-order valence-electron chi connectivity index (χ0n) is 12.2. The molecule has 0 spiro atoms. The molecule has 0 aliphatic heterocycles. The third-order valence-electron chi connectivity index (χ3n) is 3.36. The van der Waals surface area contributed by atoms with Crippen LogP contribution in [0.5, 0.6) is 0 Å².